The molecule has 2 aromatic carbocycles. The Labute approximate surface area is 125 Å². The van der Waals surface area contributed by atoms with Gasteiger partial charge in [-0.25, -0.2) is 4.79 Å². The summed E-state index contributed by atoms with van der Waals surface area (Å²) in [5.74, 6) is -0.380. The zero-order valence-corrected chi connectivity index (χ0v) is 12.3. The van der Waals surface area contributed by atoms with Crippen molar-refractivity contribution >= 4 is 5.97 Å². The quantitative estimate of drug-likeness (QED) is 0.878. The molecule has 1 N–H and O–H groups in total. The SMILES string of the molecule is CC(C)C(Oc1ccccc1Cc1ccccc1)C(=O)O. The van der Waals surface area contributed by atoms with Gasteiger partial charge in [0.1, 0.15) is 5.75 Å². The second kappa shape index (κ2) is 6.93. The highest BCUT2D eigenvalue weighted by atomic mass is 16.5. The first-order chi connectivity index (χ1) is 10.1. The van der Waals surface area contributed by atoms with E-state index in [1.54, 1.807) is 0 Å². The average molecular weight is 284 g/mol. The Morgan fingerprint density at radius 3 is 2.29 bits per heavy atom. The molecule has 0 saturated heterocycles. The van der Waals surface area contributed by atoms with Crippen LogP contribution in [-0.2, 0) is 11.2 Å². The molecule has 0 bridgehead atoms. The molecule has 2 rings (SSSR count). The molecule has 0 aromatic heterocycles. The van der Waals surface area contributed by atoms with Crippen LogP contribution in [0.1, 0.15) is 25.0 Å². The van der Waals surface area contributed by atoms with Crippen LogP contribution < -0.4 is 4.74 Å². The number of benzene rings is 2. The van der Waals surface area contributed by atoms with Crippen LogP contribution in [0.25, 0.3) is 0 Å². The van der Waals surface area contributed by atoms with Gasteiger partial charge in [0.15, 0.2) is 6.10 Å². The van der Waals surface area contributed by atoms with Gasteiger partial charge in [-0.1, -0.05) is 62.4 Å². The maximum Gasteiger partial charge on any atom is 0.345 e. The van der Waals surface area contributed by atoms with E-state index in [4.69, 9.17) is 4.74 Å². The highest BCUT2D eigenvalue weighted by Crippen LogP contribution is 2.24. The van der Waals surface area contributed by atoms with E-state index in [0.717, 1.165) is 12.0 Å². The summed E-state index contributed by atoms with van der Waals surface area (Å²) in [6.45, 7) is 3.69. The van der Waals surface area contributed by atoms with Crippen LogP contribution in [0.3, 0.4) is 0 Å². The van der Waals surface area contributed by atoms with E-state index >= 15 is 0 Å². The molecule has 0 saturated carbocycles. The predicted molar refractivity (Wildman–Crippen MR) is 82.6 cm³/mol. The molecule has 0 amide bonds. The van der Waals surface area contributed by atoms with Gasteiger partial charge in [-0.2, -0.15) is 0 Å². The Balaban J connectivity index is 2.22. The number of aliphatic carboxylic acids is 1. The molecule has 1 atom stereocenters. The van der Waals surface area contributed by atoms with Gasteiger partial charge in [0.25, 0.3) is 0 Å². The lowest BCUT2D eigenvalue weighted by atomic mass is 10.0. The fourth-order valence-corrected chi connectivity index (χ4v) is 2.19. The molecule has 1 unspecified atom stereocenters. The fraction of sp³-hybridized carbons (Fsp3) is 0.278. The summed E-state index contributed by atoms with van der Waals surface area (Å²) in [5.41, 5.74) is 2.17. The normalized spacial score (nSPS) is 12.1. The smallest absolute Gasteiger partial charge is 0.345 e. The van der Waals surface area contributed by atoms with Crippen molar-refractivity contribution in [2.45, 2.75) is 26.4 Å². The van der Waals surface area contributed by atoms with E-state index in [0.29, 0.717) is 5.75 Å². The minimum atomic E-state index is -0.931. The summed E-state index contributed by atoms with van der Waals surface area (Å²) in [6, 6.07) is 17.7. The van der Waals surface area contributed by atoms with Gasteiger partial charge in [-0.15, -0.1) is 0 Å². The number of hydrogen-bond acceptors (Lipinski definition) is 2. The molecule has 0 radical (unpaired) electrons. The molecule has 0 aliphatic heterocycles. The van der Waals surface area contributed by atoms with Crippen LogP contribution in [0.15, 0.2) is 54.6 Å². The topological polar surface area (TPSA) is 46.5 Å². The molecule has 0 aliphatic rings. The first-order valence-corrected chi connectivity index (χ1v) is 7.09. The molecular formula is C18H20O3. The Bertz CT molecular complexity index is 590. The number of carbonyl (C=O) groups is 1. The summed E-state index contributed by atoms with van der Waals surface area (Å²) < 4.78 is 5.74. The molecule has 21 heavy (non-hydrogen) atoms. The van der Waals surface area contributed by atoms with Crippen molar-refractivity contribution < 1.29 is 14.6 Å². The van der Waals surface area contributed by atoms with Gasteiger partial charge >= 0.3 is 5.97 Å². The number of carboxylic acids is 1. The van der Waals surface area contributed by atoms with Crippen molar-refractivity contribution in [2.24, 2.45) is 5.92 Å². The first kappa shape index (κ1) is 15.1. The molecule has 0 fully saturated rings. The van der Waals surface area contributed by atoms with Crippen molar-refractivity contribution in [3.05, 3.63) is 65.7 Å². The van der Waals surface area contributed by atoms with Gasteiger partial charge in [-0.3, -0.25) is 0 Å². The highest BCUT2D eigenvalue weighted by molar-refractivity contribution is 5.73. The van der Waals surface area contributed by atoms with Crippen LogP contribution >= 0.6 is 0 Å². The predicted octanol–water partition coefficient (Wildman–Crippen LogP) is 3.77. The van der Waals surface area contributed by atoms with E-state index in [9.17, 15) is 9.90 Å². The van der Waals surface area contributed by atoms with Crippen molar-refractivity contribution in [1.29, 1.82) is 0 Å². The fourth-order valence-electron chi connectivity index (χ4n) is 2.19. The summed E-state index contributed by atoms with van der Waals surface area (Å²) in [7, 11) is 0. The zero-order chi connectivity index (χ0) is 15.2. The van der Waals surface area contributed by atoms with Crippen molar-refractivity contribution in [2.75, 3.05) is 0 Å². The number of carboxylic acid groups (broad SMARTS) is 1. The van der Waals surface area contributed by atoms with Gasteiger partial charge in [-0.05, 0) is 17.2 Å². The summed E-state index contributed by atoms with van der Waals surface area (Å²) in [4.78, 5) is 11.3. The zero-order valence-electron chi connectivity index (χ0n) is 12.3. The Morgan fingerprint density at radius 2 is 1.67 bits per heavy atom. The lowest BCUT2D eigenvalue weighted by Gasteiger charge is -2.20. The number of ether oxygens (including phenoxy) is 1. The molecule has 2 aromatic rings. The minimum absolute atomic E-state index is 0.0905. The lowest BCUT2D eigenvalue weighted by molar-refractivity contribution is -0.147. The van der Waals surface area contributed by atoms with Gasteiger partial charge in [0, 0.05) is 12.3 Å². The molecule has 3 heteroatoms. The summed E-state index contributed by atoms with van der Waals surface area (Å²) in [5, 5.41) is 9.26. The van der Waals surface area contributed by atoms with Crippen LogP contribution in [0.4, 0.5) is 0 Å². The van der Waals surface area contributed by atoms with Crippen molar-refractivity contribution in [3.8, 4) is 5.75 Å². The van der Waals surface area contributed by atoms with E-state index < -0.39 is 12.1 Å². The van der Waals surface area contributed by atoms with Crippen LogP contribution in [0.2, 0.25) is 0 Å². The Morgan fingerprint density at radius 1 is 1.05 bits per heavy atom. The van der Waals surface area contributed by atoms with E-state index in [2.05, 4.69) is 0 Å². The number of para-hydroxylation sites is 1. The third kappa shape index (κ3) is 4.09. The Hall–Kier alpha value is -2.29. The van der Waals surface area contributed by atoms with E-state index in [1.807, 2.05) is 68.4 Å². The first-order valence-electron chi connectivity index (χ1n) is 7.09. The molecule has 110 valence electrons. The van der Waals surface area contributed by atoms with E-state index in [-0.39, 0.29) is 5.92 Å². The van der Waals surface area contributed by atoms with Gasteiger partial charge < -0.3 is 9.84 Å². The molecule has 3 nitrogen and oxygen atoms in total. The molecule has 0 spiro atoms. The average Bonchev–Trinajstić information content (AvgIpc) is 2.46. The van der Waals surface area contributed by atoms with Crippen LogP contribution in [0.5, 0.6) is 5.75 Å². The molecule has 0 heterocycles. The third-order valence-corrected chi connectivity index (χ3v) is 3.31. The standard InChI is InChI=1S/C18H20O3/c1-13(2)17(18(19)20)21-16-11-7-6-10-15(16)12-14-8-4-3-5-9-14/h3-11,13,17H,12H2,1-2H3,(H,19,20). The van der Waals surface area contributed by atoms with E-state index in [1.165, 1.54) is 5.56 Å². The maximum absolute atomic E-state index is 11.3. The summed E-state index contributed by atoms with van der Waals surface area (Å²) >= 11 is 0. The van der Waals surface area contributed by atoms with Crippen molar-refractivity contribution in [3.63, 3.8) is 0 Å². The van der Waals surface area contributed by atoms with Crippen molar-refractivity contribution in [1.82, 2.24) is 0 Å². The van der Waals surface area contributed by atoms with Gasteiger partial charge in [0.2, 0.25) is 0 Å². The van der Waals surface area contributed by atoms with Crippen LogP contribution in [0, 0.1) is 5.92 Å². The second-order valence-electron chi connectivity index (χ2n) is 5.39. The molecule has 0 aliphatic carbocycles. The van der Waals surface area contributed by atoms with Crippen LogP contribution in [-0.4, -0.2) is 17.2 Å². The number of rotatable bonds is 6. The largest absolute Gasteiger partial charge is 0.478 e. The number of hydrogen-bond donors (Lipinski definition) is 1. The monoisotopic (exact) mass is 284 g/mol. The second-order valence-corrected chi connectivity index (χ2v) is 5.39. The molecular weight excluding hydrogens is 264 g/mol. The highest BCUT2D eigenvalue weighted by Gasteiger charge is 2.24. The minimum Gasteiger partial charge on any atom is -0.478 e. The third-order valence-electron chi connectivity index (χ3n) is 3.31. The Kier molecular flexibility index (Phi) is 4.99. The maximum atomic E-state index is 11.3. The summed E-state index contributed by atoms with van der Waals surface area (Å²) in [6.07, 6.45) is -0.108. The van der Waals surface area contributed by atoms with Gasteiger partial charge in [0.05, 0.1) is 0 Å². The lowest BCUT2D eigenvalue weighted by Crippen LogP contribution is -2.32.